The van der Waals surface area contributed by atoms with Gasteiger partial charge in [0.05, 0.1) is 6.61 Å². The number of unbranched alkanes of at least 4 members (excludes halogenated alkanes) is 2. The van der Waals surface area contributed by atoms with Gasteiger partial charge in [-0.1, -0.05) is 57.4 Å². The van der Waals surface area contributed by atoms with Crippen LogP contribution in [0.3, 0.4) is 0 Å². The van der Waals surface area contributed by atoms with Crippen molar-refractivity contribution in [1.29, 1.82) is 0 Å². The molecule has 0 aliphatic heterocycles. The van der Waals surface area contributed by atoms with Crippen molar-refractivity contribution in [3.05, 3.63) is 36.4 Å². The van der Waals surface area contributed by atoms with Gasteiger partial charge >= 0.3 is 0 Å². The monoisotopic (exact) mass is 371 g/mol. The molecular formula is C23H33NO3. The molecule has 2 rings (SSSR count). The molecule has 0 heterocycles. The fraction of sp³-hybridized carbons (Fsp3) is 0.522. The quantitative estimate of drug-likeness (QED) is 0.497. The second-order valence-corrected chi connectivity index (χ2v) is 7.08. The number of rotatable bonds is 11. The van der Waals surface area contributed by atoms with Gasteiger partial charge in [-0.05, 0) is 38.8 Å². The summed E-state index contributed by atoms with van der Waals surface area (Å²) < 4.78 is 11.7. The van der Waals surface area contributed by atoms with E-state index in [0.717, 1.165) is 54.3 Å². The first kappa shape index (κ1) is 21.2. The highest BCUT2D eigenvalue weighted by Crippen LogP contribution is 2.33. The third kappa shape index (κ3) is 5.46. The van der Waals surface area contributed by atoms with Crippen molar-refractivity contribution in [2.24, 2.45) is 0 Å². The third-order valence-corrected chi connectivity index (χ3v) is 4.79. The summed E-state index contributed by atoms with van der Waals surface area (Å²) in [5.74, 6) is 0.758. The van der Waals surface area contributed by atoms with E-state index in [1.54, 1.807) is 0 Å². The van der Waals surface area contributed by atoms with Gasteiger partial charge in [0.1, 0.15) is 11.4 Å². The number of amides is 1. The Balaban J connectivity index is 2.27. The molecule has 0 aliphatic carbocycles. The highest BCUT2D eigenvalue weighted by Gasteiger charge is 2.33. The number of carbonyl (C=O) groups is 1. The number of ether oxygens (including phenoxy) is 2. The van der Waals surface area contributed by atoms with Crippen molar-refractivity contribution < 1.29 is 14.3 Å². The molecule has 0 saturated heterocycles. The van der Waals surface area contributed by atoms with E-state index < -0.39 is 5.60 Å². The maximum atomic E-state index is 13.1. The molecule has 0 aliphatic rings. The summed E-state index contributed by atoms with van der Waals surface area (Å²) in [5, 5.41) is 5.09. The van der Waals surface area contributed by atoms with Crippen molar-refractivity contribution in [3.8, 4) is 5.75 Å². The highest BCUT2D eigenvalue weighted by molar-refractivity contribution is 6.06. The van der Waals surface area contributed by atoms with Crippen molar-refractivity contribution in [1.82, 2.24) is 0 Å². The van der Waals surface area contributed by atoms with Crippen LogP contribution in [0.4, 0.5) is 5.69 Å². The largest absolute Gasteiger partial charge is 0.493 e. The molecule has 1 atom stereocenters. The minimum absolute atomic E-state index is 0.0900. The number of fused-ring (bicyclic) bond motifs is 1. The number of anilines is 1. The second kappa shape index (κ2) is 10.3. The molecule has 0 spiro atoms. The molecule has 0 radical (unpaired) electrons. The lowest BCUT2D eigenvalue weighted by Crippen LogP contribution is -2.42. The molecule has 1 N–H and O–H groups in total. The predicted molar refractivity (Wildman–Crippen MR) is 113 cm³/mol. The summed E-state index contributed by atoms with van der Waals surface area (Å²) in [6.07, 6.45) is 4.87. The van der Waals surface area contributed by atoms with Gasteiger partial charge in [0.25, 0.3) is 5.91 Å². The van der Waals surface area contributed by atoms with Gasteiger partial charge in [-0.3, -0.25) is 4.79 Å². The Morgan fingerprint density at radius 1 is 1.00 bits per heavy atom. The molecule has 2 aromatic rings. The van der Waals surface area contributed by atoms with Crippen LogP contribution < -0.4 is 10.1 Å². The smallest absolute Gasteiger partial charge is 0.256 e. The zero-order valence-corrected chi connectivity index (χ0v) is 17.1. The van der Waals surface area contributed by atoms with Crippen molar-refractivity contribution >= 4 is 22.4 Å². The highest BCUT2D eigenvalue weighted by atomic mass is 16.5. The fourth-order valence-electron chi connectivity index (χ4n) is 3.25. The Morgan fingerprint density at radius 2 is 1.74 bits per heavy atom. The van der Waals surface area contributed by atoms with E-state index in [1.165, 1.54) is 0 Å². The van der Waals surface area contributed by atoms with Crippen LogP contribution in [0.15, 0.2) is 36.4 Å². The van der Waals surface area contributed by atoms with Gasteiger partial charge in [-0.15, -0.1) is 0 Å². The maximum absolute atomic E-state index is 13.1. The molecule has 0 aromatic heterocycles. The summed E-state index contributed by atoms with van der Waals surface area (Å²) >= 11 is 0. The SMILES string of the molecule is CCCCC[C@@](C)(OCC)C(=O)Nc1ccc(OCCC)c2ccccc12. The van der Waals surface area contributed by atoms with E-state index >= 15 is 0 Å². The minimum atomic E-state index is -0.817. The number of nitrogens with one attached hydrogen (secondary N) is 1. The van der Waals surface area contributed by atoms with Crippen LogP contribution in [0.25, 0.3) is 10.8 Å². The summed E-state index contributed by atoms with van der Waals surface area (Å²) in [4.78, 5) is 13.1. The average molecular weight is 372 g/mol. The van der Waals surface area contributed by atoms with Gasteiger partial charge in [0.15, 0.2) is 0 Å². The van der Waals surface area contributed by atoms with Crippen molar-refractivity contribution in [2.45, 2.75) is 65.4 Å². The van der Waals surface area contributed by atoms with E-state index in [1.807, 2.05) is 50.2 Å². The van der Waals surface area contributed by atoms with Gasteiger partial charge < -0.3 is 14.8 Å². The molecule has 27 heavy (non-hydrogen) atoms. The van der Waals surface area contributed by atoms with Crippen LogP contribution in [-0.4, -0.2) is 24.7 Å². The normalized spacial score (nSPS) is 13.3. The number of benzene rings is 2. The summed E-state index contributed by atoms with van der Waals surface area (Å²) in [7, 11) is 0. The van der Waals surface area contributed by atoms with Gasteiger partial charge in [-0.2, -0.15) is 0 Å². The zero-order chi connectivity index (χ0) is 19.7. The van der Waals surface area contributed by atoms with E-state index in [2.05, 4.69) is 19.2 Å². The number of hydrogen-bond acceptors (Lipinski definition) is 3. The topological polar surface area (TPSA) is 47.6 Å². The van der Waals surface area contributed by atoms with Gasteiger partial charge in [-0.25, -0.2) is 0 Å². The van der Waals surface area contributed by atoms with Crippen molar-refractivity contribution in [2.75, 3.05) is 18.5 Å². The van der Waals surface area contributed by atoms with E-state index in [9.17, 15) is 4.79 Å². The molecule has 0 unspecified atom stereocenters. The van der Waals surface area contributed by atoms with Gasteiger partial charge in [0, 0.05) is 23.1 Å². The first-order valence-electron chi connectivity index (χ1n) is 10.2. The Morgan fingerprint density at radius 3 is 2.41 bits per heavy atom. The van der Waals surface area contributed by atoms with Crippen LogP contribution in [0.5, 0.6) is 5.75 Å². The lowest BCUT2D eigenvalue weighted by Gasteiger charge is -2.28. The first-order chi connectivity index (χ1) is 13.1. The molecule has 148 valence electrons. The number of hydrogen-bond donors (Lipinski definition) is 1. The molecule has 4 heteroatoms. The molecule has 0 fully saturated rings. The lowest BCUT2D eigenvalue weighted by atomic mass is 9.96. The van der Waals surface area contributed by atoms with Crippen LogP contribution in [0, 0.1) is 0 Å². The Bertz CT molecular complexity index is 743. The van der Waals surface area contributed by atoms with E-state index in [4.69, 9.17) is 9.47 Å². The Kier molecular flexibility index (Phi) is 8.11. The second-order valence-electron chi connectivity index (χ2n) is 7.08. The van der Waals surface area contributed by atoms with Crippen LogP contribution in [0.1, 0.15) is 59.8 Å². The Hall–Kier alpha value is -2.07. The van der Waals surface area contributed by atoms with Crippen molar-refractivity contribution in [3.63, 3.8) is 0 Å². The zero-order valence-electron chi connectivity index (χ0n) is 17.1. The summed E-state index contributed by atoms with van der Waals surface area (Å²) in [6.45, 7) is 9.26. The standard InChI is InChI=1S/C23H33NO3/c1-5-8-11-16-23(4,27-7-3)22(25)24-20-14-15-21(26-17-6-2)19-13-10-9-12-18(19)20/h9-10,12-15H,5-8,11,16-17H2,1-4H3,(H,24,25)/t23-/m1/s1. The minimum Gasteiger partial charge on any atom is -0.493 e. The summed E-state index contributed by atoms with van der Waals surface area (Å²) in [5.41, 5.74) is -0.0246. The lowest BCUT2D eigenvalue weighted by molar-refractivity contribution is -0.139. The predicted octanol–water partition coefficient (Wildman–Crippen LogP) is 5.94. The fourth-order valence-corrected chi connectivity index (χ4v) is 3.25. The molecule has 2 aromatic carbocycles. The van der Waals surface area contributed by atoms with Gasteiger partial charge in [0.2, 0.25) is 0 Å². The van der Waals surface area contributed by atoms with E-state index in [0.29, 0.717) is 13.2 Å². The molecule has 0 saturated carbocycles. The molecule has 1 amide bonds. The average Bonchev–Trinajstić information content (AvgIpc) is 2.67. The molecular weight excluding hydrogens is 338 g/mol. The van der Waals surface area contributed by atoms with Crippen LogP contribution in [-0.2, 0) is 9.53 Å². The third-order valence-electron chi connectivity index (χ3n) is 4.79. The molecule has 0 bridgehead atoms. The summed E-state index contributed by atoms with van der Waals surface area (Å²) in [6, 6.07) is 11.9. The Labute approximate surface area is 163 Å². The van der Waals surface area contributed by atoms with Crippen LogP contribution >= 0.6 is 0 Å². The molecule has 4 nitrogen and oxygen atoms in total. The van der Waals surface area contributed by atoms with E-state index in [-0.39, 0.29) is 5.91 Å². The first-order valence-corrected chi connectivity index (χ1v) is 10.2. The maximum Gasteiger partial charge on any atom is 0.256 e. The van der Waals surface area contributed by atoms with Crippen LogP contribution in [0.2, 0.25) is 0 Å². The number of carbonyl (C=O) groups excluding carboxylic acids is 1.